The van der Waals surface area contributed by atoms with Gasteiger partial charge in [-0.05, 0) is 49.7 Å². The SMILES string of the molecule is CCCCCCCCC(CCCCCCCC)CCCOC(=O)c1ccccc1C(=O)OCCCC(CCCCCCCC)CCCCCCCC. The Morgan fingerprint density at radius 3 is 0.923 bits per heavy atom. The van der Waals surface area contributed by atoms with Crippen LogP contribution in [-0.2, 0) is 9.47 Å². The van der Waals surface area contributed by atoms with Crippen LogP contribution in [-0.4, -0.2) is 25.2 Å². The Morgan fingerprint density at radius 2 is 0.635 bits per heavy atom. The van der Waals surface area contributed by atoms with Crippen LogP contribution in [0.1, 0.15) is 254 Å². The molecule has 0 spiro atoms. The number of hydrogen-bond acceptors (Lipinski definition) is 4. The number of hydrogen-bond donors (Lipinski definition) is 0. The van der Waals surface area contributed by atoms with E-state index in [1.54, 1.807) is 24.3 Å². The Bertz CT molecular complexity index is 835. The van der Waals surface area contributed by atoms with Crippen molar-refractivity contribution in [3.05, 3.63) is 35.4 Å². The minimum absolute atomic E-state index is 0.326. The van der Waals surface area contributed by atoms with Gasteiger partial charge in [0.25, 0.3) is 0 Å². The van der Waals surface area contributed by atoms with Gasteiger partial charge in [0.15, 0.2) is 0 Å². The van der Waals surface area contributed by atoms with Crippen molar-refractivity contribution in [3.63, 3.8) is 0 Å². The van der Waals surface area contributed by atoms with Gasteiger partial charge in [-0.1, -0.05) is 220 Å². The topological polar surface area (TPSA) is 52.6 Å². The average molecular weight is 727 g/mol. The third kappa shape index (κ3) is 26.9. The molecule has 4 heteroatoms. The zero-order valence-electron chi connectivity index (χ0n) is 35.1. The van der Waals surface area contributed by atoms with Gasteiger partial charge in [-0.3, -0.25) is 0 Å². The van der Waals surface area contributed by atoms with Crippen molar-refractivity contribution in [2.24, 2.45) is 11.8 Å². The molecular weight excluding hydrogens is 641 g/mol. The van der Waals surface area contributed by atoms with Gasteiger partial charge in [0.05, 0.1) is 24.3 Å². The molecule has 0 saturated carbocycles. The normalized spacial score (nSPS) is 11.5. The van der Waals surface area contributed by atoms with E-state index in [9.17, 15) is 9.59 Å². The lowest BCUT2D eigenvalue weighted by atomic mass is 9.90. The molecule has 4 nitrogen and oxygen atoms in total. The molecule has 0 aliphatic rings. The monoisotopic (exact) mass is 727 g/mol. The van der Waals surface area contributed by atoms with E-state index in [0.717, 1.165) is 37.5 Å². The molecule has 1 aromatic rings. The van der Waals surface area contributed by atoms with E-state index in [2.05, 4.69) is 27.7 Å². The molecule has 0 N–H and O–H groups in total. The molecule has 0 saturated heterocycles. The van der Waals surface area contributed by atoms with Crippen molar-refractivity contribution in [3.8, 4) is 0 Å². The third-order valence-corrected chi connectivity index (χ3v) is 11.2. The number of rotatable bonds is 38. The second-order valence-electron chi connectivity index (χ2n) is 16.1. The van der Waals surface area contributed by atoms with Crippen LogP contribution in [0, 0.1) is 11.8 Å². The van der Waals surface area contributed by atoms with Crippen LogP contribution in [0.15, 0.2) is 24.3 Å². The summed E-state index contributed by atoms with van der Waals surface area (Å²) < 4.78 is 11.5. The Balaban J connectivity index is 2.54. The minimum atomic E-state index is -0.408. The second kappa shape index (κ2) is 36.2. The van der Waals surface area contributed by atoms with Crippen molar-refractivity contribution in [1.29, 1.82) is 0 Å². The highest BCUT2D eigenvalue weighted by molar-refractivity contribution is 6.03. The Morgan fingerprint density at radius 1 is 0.385 bits per heavy atom. The number of benzene rings is 1. The fourth-order valence-corrected chi connectivity index (χ4v) is 7.79. The molecule has 1 aromatic carbocycles. The highest BCUT2D eigenvalue weighted by Gasteiger charge is 2.20. The van der Waals surface area contributed by atoms with E-state index in [1.807, 2.05) is 0 Å². The summed E-state index contributed by atoms with van der Waals surface area (Å²) in [6.07, 6.45) is 41.3. The first-order valence-electron chi connectivity index (χ1n) is 23.0. The smallest absolute Gasteiger partial charge is 0.339 e. The van der Waals surface area contributed by atoms with Gasteiger partial charge in [-0.25, -0.2) is 9.59 Å². The van der Waals surface area contributed by atoms with E-state index in [-0.39, 0.29) is 0 Å². The second-order valence-corrected chi connectivity index (χ2v) is 16.1. The molecule has 0 aromatic heterocycles. The van der Waals surface area contributed by atoms with Gasteiger partial charge in [0.2, 0.25) is 0 Å². The van der Waals surface area contributed by atoms with E-state index in [1.165, 1.54) is 180 Å². The first-order chi connectivity index (χ1) is 25.6. The molecule has 0 bridgehead atoms. The number of carbonyl (C=O) groups is 2. The van der Waals surface area contributed by atoms with Gasteiger partial charge in [-0.2, -0.15) is 0 Å². The van der Waals surface area contributed by atoms with Crippen LogP contribution in [0.3, 0.4) is 0 Å². The lowest BCUT2D eigenvalue weighted by Crippen LogP contribution is -2.15. The van der Waals surface area contributed by atoms with Crippen LogP contribution in [0.2, 0.25) is 0 Å². The molecule has 52 heavy (non-hydrogen) atoms. The van der Waals surface area contributed by atoms with Gasteiger partial charge in [0, 0.05) is 0 Å². The first kappa shape index (κ1) is 48.2. The number of esters is 2. The van der Waals surface area contributed by atoms with Gasteiger partial charge >= 0.3 is 11.9 Å². The molecule has 0 fully saturated rings. The highest BCUT2D eigenvalue weighted by atomic mass is 16.5. The van der Waals surface area contributed by atoms with E-state index in [0.29, 0.717) is 24.3 Å². The lowest BCUT2D eigenvalue weighted by molar-refractivity contribution is 0.0445. The van der Waals surface area contributed by atoms with Crippen molar-refractivity contribution in [2.45, 2.75) is 233 Å². The number of unbranched alkanes of at least 4 members (excludes halogenated alkanes) is 20. The molecule has 0 radical (unpaired) electrons. The van der Waals surface area contributed by atoms with E-state index < -0.39 is 11.9 Å². The Kier molecular flexibility index (Phi) is 33.5. The van der Waals surface area contributed by atoms with Gasteiger partial charge in [0.1, 0.15) is 0 Å². The molecule has 1 rings (SSSR count). The van der Waals surface area contributed by atoms with Gasteiger partial charge < -0.3 is 9.47 Å². The lowest BCUT2D eigenvalue weighted by Gasteiger charge is -2.18. The molecular formula is C48H86O4. The van der Waals surface area contributed by atoms with Gasteiger partial charge in [-0.15, -0.1) is 0 Å². The van der Waals surface area contributed by atoms with Crippen LogP contribution in [0.4, 0.5) is 0 Å². The van der Waals surface area contributed by atoms with Crippen molar-refractivity contribution in [1.82, 2.24) is 0 Å². The van der Waals surface area contributed by atoms with E-state index in [4.69, 9.17) is 9.47 Å². The fourth-order valence-electron chi connectivity index (χ4n) is 7.79. The third-order valence-electron chi connectivity index (χ3n) is 11.2. The molecule has 0 aliphatic heterocycles. The summed E-state index contributed by atoms with van der Waals surface area (Å²) in [4.78, 5) is 26.3. The summed E-state index contributed by atoms with van der Waals surface area (Å²) in [7, 11) is 0. The zero-order chi connectivity index (χ0) is 37.7. The van der Waals surface area contributed by atoms with Crippen LogP contribution < -0.4 is 0 Å². The van der Waals surface area contributed by atoms with Crippen LogP contribution in [0.5, 0.6) is 0 Å². The first-order valence-corrected chi connectivity index (χ1v) is 23.0. The van der Waals surface area contributed by atoms with Crippen molar-refractivity contribution in [2.75, 3.05) is 13.2 Å². The number of ether oxygens (including phenoxy) is 2. The molecule has 302 valence electrons. The predicted octanol–water partition coefficient (Wildman–Crippen LogP) is 15.8. The largest absolute Gasteiger partial charge is 0.462 e. The molecule has 0 atom stereocenters. The molecule has 0 aliphatic carbocycles. The van der Waals surface area contributed by atoms with Crippen LogP contribution in [0.25, 0.3) is 0 Å². The average Bonchev–Trinajstić information content (AvgIpc) is 3.16. The molecule has 0 heterocycles. The summed E-state index contributed by atoms with van der Waals surface area (Å²) in [5.74, 6) is 0.617. The van der Waals surface area contributed by atoms with E-state index >= 15 is 0 Å². The molecule has 0 amide bonds. The quantitative estimate of drug-likeness (QED) is 0.0503. The summed E-state index contributed by atoms with van der Waals surface area (Å²) in [6, 6.07) is 7.02. The maximum absolute atomic E-state index is 13.2. The Labute approximate surface area is 323 Å². The standard InChI is InChI=1S/C48H86O4/c1-5-9-13-17-21-25-33-43(34-26-22-18-14-10-6-2)37-31-41-51-47(49)45-39-29-30-40-46(45)48(50)52-42-32-38-44(35-27-23-19-15-11-7-3)36-28-24-20-16-12-8-4/h29-30,39-40,43-44H,5-28,31-38,41-42H2,1-4H3. The van der Waals surface area contributed by atoms with Crippen molar-refractivity contribution >= 4 is 11.9 Å². The summed E-state index contributed by atoms with van der Waals surface area (Å²) in [6.45, 7) is 9.92. The Hall–Kier alpha value is -1.84. The number of carbonyl (C=O) groups excluding carboxylic acids is 2. The summed E-state index contributed by atoms with van der Waals surface area (Å²) in [5, 5.41) is 0. The maximum Gasteiger partial charge on any atom is 0.339 e. The fraction of sp³-hybridized carbons (Fsp3) is 0.833. The predicted molar refractivity (Wildman–Crippen MR) is 224 cm³/mol. The minimum Gasteiger partial charge on any atom is -0.462 e. The highest BCUT2D eigenvalue weighted by Crippen LogP contribution is 2.25. The van der Waals surface area contributed by atoms with Crippen LogP contribution >= 0.6 is 0 Å². The zero-order valence-corrected chi connectivity index (χ0v) is 35.1. The van der Waals surface area contributed by atoms with Crippen molar-refractivity contribution < 1.29 is 19.1 Å². The summed E-state index contributed by atoms with van der Waals surface area (Å²) >= 11 is 0. The molecule has 0 unspecified atom stereocenters. The summed E-state index contributed by atoms with van der Waals surface area (Å²) in [5.41, 5.74) is 0.652. The maximum atomic E-state index is 13.2.